The lowest BCUT2D eigenvalue weighted by molar-refractivity contribution is 0.0689. The lowest BCUT2D eigenvalue weighted by Crippen LogP contribution is -2.02. The summed E-state index contributed by atoms with van der Waals surface area (Å²) in [5, 5.41) is 8.97. The molecule has 0 unspecified atom stereocenters. The van der Waals surface area contributed by atoms with Crippen molar-refractivity contribution in [2.75, 3.05) is 0 Å². The van der Waals surface area contributed by atoms with E-state index < -0.39 is 5.97 Å². The van der Waals surface area contributed by atoms with Crippen molar-refractivity contribution >= 4 is 5.97 Å². The number of hydrogen-bond acceptors (Lipinski definition) is 2. The third kappa shape index (κ3) is 1.22. The molecule has 14 heavy (non-hydrogen) atoms. The Labute approximate surface area is 82.6 Å². The van der Waals surface area contributed by atoms with E-state index in [2.05, 4.69) is 9.55 Å². The molecule has 0 fully saturated rings. The van der Waals surface area contributed by atoms with Crippen LogP contribution in [0.25, 0.3) is 0 Å². The van der Waals surface area contributed by atoms with E-state index in [4.69, 9.17) is 5.11 Å². The molecule has 4 nitrogen and oxygen atoms in total. The quantitative estimate of drug-likeness (QED) is 0.778. The van der Waals surface area contributed by atoms with Gasteiger partial charge >= 0.3 is 5.97 Å². The van der Waals surface area contributed by atoms with E-state index in [1.54, 1.807) is 0 Å². The van der Waals surface area contributed by atoms with Crippen molar-refractivity contribution in [3.05, 3.63) is 17.2 Å². The smallest absolute Gasteiger partial charge is 0.356 e. The molecule has 1 N–H and O–H groups in total. The first kappa shape index (κ1) is 9.24. The molecule has 2 rings (SSSR count). The molecule has 2 heterocycles. The van der Waals surface area contributed by atoms with Gasteiger partial charge in [-0.05, 0) is 12.8 Å². The van der Waals surface area contributed by atoms with Crippen LogP contribution in [-0.4, -0.2) is 20.6 Å². The van der Waals surface area contributed by atoms with Gasteiger partial charge in [0.25, 0.3) is 0 Å². The standard InChI is InChI=1S/C10H14N2O2/c1-6(2)9-11-8(10(13)14)7-4-3-5-12(7)9/h6H,3-5H2,1-2H3,(H,13,14). The van der Waals surface area contributed by atoms with E-state index in [9.17, 15) is 4.79 Å². The Morgan fingerprint density at radius 1 is 1.57 bits per heavy atom. The van der Waals surface area contributed by atoms with Crippen LogP contribution < -0.4 is 0 Å². The van der Waals surface area contributed by atoms with Crippen LogP contribution in [0.2, 0.25) is 0 Å². The van der Waals surface area contributed by atoms with Crippen LogP contribution >= 0.6 is 0 Å². The Balaban J connectivity index is 2.55. The molecule has 0 saturated heterocycles. The van der Waals surface area contributed by atoms with Gasteiger partial charge in [0, 0.05) is 12.5 Å². The van der Waals surface area contributed by atoms with Crippen molar-refractivity contribution in [3.63, 3.8) is 0 Å². The minimum atomic E-state index is -0.900. The number of carboxylic acids is 1. The molecular formula is C10H14N2O2. The Bertz CT molecular complexity index is 380. The summed E-state index contributed by atoms with van der Waals surface area (Å²) in [5.41, 5.74) is 1.16. The van der Waals surface area contributed by atoms with Crippen LogP contribution in [0.3, 0.4) is 0 Å². The van der Waals surface area contributed by atoms with E-state index in [0.717, 1.165) is 30.9 Å². The van der Waals surface area contributed by atoms with Crippen molar-refractivity contribution in [1.82, 2.24) is 9.55 Å². The molecule has 1 aliphatic rings. The molecular weight excluding hydrogens is 180 g/mol. The van der Waals surface area contributed by atoms with Crippen molar-refractivity contribution in [2.45, 2.75) is 39.2 Å². The molecule has 0 aromatic carbocycles. The highest BCUT2D eigenvalue weighted by atomic mass is 16.4. The number of carboxylic acid groups (broad SMARTS) is 1. The van der Waals surface area contributed by atoms with Crippen LogP contribution in [0.15, 0.2) is 0 Å². The van der Waals surface area contributed by atoms with Crippen molar-refractivity contribution in [1.29, 1.82) is 0 Å². The first-order chi connectivity index (χ1) is 6.61. The zero-order chi connectivity index (χ0) is 10.3. The van der Waals surface area contributed by atoms with Gasteiger partial charge < -0.3 is 9.67 Å². The van der Waals surface area contributed by atoms with Gasteiger partial charge in [-0.15, -0.1) is 0 Å². The summed E-state index contributed by atoms with van der Waals surface area (Å²) in [6.07, 6.45) is 1.89. The Hall–Kier alpha value is -1.32. The SMILES string of the molecule is CC(C)c1nc(C(=O)O)c2n1CCC2. The third-order valence-electron chi connectivity index (χ3n) is 2.62. The topological polar surface area (TPSA) is 55.1 Å². The minimum Gasteiger partial charge on any atom is -0.476 e. The molecule has 0 radical (unpaired) electrons. The number of aromatic nitrogens is 2. The van der Waals surface area contributed by atoms with Crippen molar-refractivity contribution in [3.8, 4) is 0 Å². The van der Waals surface area contributed by atoms with Gasteiger partial charge in [0.1, 0.15) is 5.82 Å². The molecule has 4 heteroatoms. The van der Waals surface area contributed by atoms with E-state index in [0.29, 0.717) is 5.92 Å². The summed E-state index contributed by atoms with van der Waals surface area (Å²) in [4.78, 5) is 15.1. The summed E-state index contributed by atoms with van der Waals surface area (Å²) in [6.45, 7) is 5.00. The number of carbonyl (C=O) groups is 1. The second-order valence-electron chi connectivity index (χ2n) is 3.98. The fourth-order valence-corrected chi connectivity index (χ4v) is 2.03. The van der Waals surface area contributed by atoms with Crippen LogP contribution in [0, 0.1) is 0 Å². The number of aromatic carboxylic acids is 1. The van der Waals surface area contributed by atoms with Crippen molar-refractivity contribution < 1.29 is 9.90 Å². The van der Waals surface area contributed by atoms with Gasteiger partial charge in [-0.3, -0.25) is 0 Å². The second-order valence-corrected chi connectivity index (χ2v) is 3.98. The lowest BCUT2D eigenvalue weighted by atomic mass is 10.2. The minimum absolute atomic E-state index is 0.256. The summed E-state index contributed by atoms with van der Waals surface area (Å²) >= 11 is 0. The van der Waals surface area contributed by atoms with Gasteiger partial charge in [-0.2, -0.15) is 0 Å². The van der Waals surface area contributed by atoms with E-state index in [1.807, 2.05) is 13.8 Å². The van der Waals surface area contributed by atoms with Gasteiger partial charge in [-0.1, -0.05) is 13.8 Å². The lowest BCUT2D eigenvalue weighted by Gasteiger charge is -2.05. The van der Waals surface area contributed by atoms with Crippen molar-refractivity contribution in [2.24, 2.45) is 0 Å². The van der Waals surface area contributed by atoms with E-state index >= 15 is 0 Å². The zero-order valence-electron chi connectivity index (χ0n) is 8.45. The summed E-state index contributed by atoms with van der Waals surface area (Å²) < 4.78 is 2.06. The maximum atomic E-state index is 10.9. The summed E-state index contributed by atoms with van der Waals surface area (Å²) in [7, 11) is 0. The Kier molecular flexibility index (Phi) is 2.06. The molecule has 0 bridgehead atoms. The van der Waals surface area contributed by atoms with Gasteiger partial charge in [0.2, 0.25) is 0 Å². The zero-order valence-corrected chi connectivity index (χ0v) is 8.45. The maximum Gasteiger partial charge on any atom is 0.356 e. The number of nitrogens with zero attached hydrogens (tertiary/aromatic N) is 2. The van der Waals surface area contributed by atoms with Gasteiger partial charge in [0.15, 0.2) is 5.69 Å². The highest BCUT2D eigenvalue weighted by Crippen LogP contribution is 2.25. The van der Waals surface area contributed by atoms with Crippen LogP contribution in [0.1, 0.15) is 48.2 Å². The van der Waals surface area contributed by atoms with Gasteiger partial charge in [0.05, 0.1) is 5.69 Å². The first-order valence-electron chi connectivity index (χ1n) is 4.94. The summed E-state index contributed by atoms with van der Waals surface area (Å²) in [5.74, 6) is 0.303. The fraction of sp³-hybridized carbons (Fsp3) is 0.600. The molecule has 1 aliphatic heterocycles. The third-order valence-corrected chi connectivity index (χ3v) is 2.62. The number of hydrogen-bond donors (Lipinski definition) is 1. The van der Waals surface area contributed by atoms with Crippen LogP contribution in [0.4, 0.5) is 0 Å². The fourth-order valence-electron chi connectivity index (χ4n) is 2.03. The normalized spacial score (nSPS) is 14.8. The molecule has 1 aromatic rings. The molecule has 0 atom stereocenters. The average molecular weight is 194 g/mol. The highest BCUT2D eigenvalue weighted by molar-refractivity contribution is 5.87. The van der Waals surface area contributed by atoms with E-state index in [-0.39, 0.29) is 5.69 Å². The van der Waals surface area contributed by atoms with Crippen LogP contribution in [-0.2, 0) is 13.0 Å². The molecule has 0 spiro atoms. The largest absolute Gasteiger partial charge is 0.476 e. The monoisotopic (exact) mass is 194 g/mol. The second kappa shape index (κ2) is 3.12. The molecule has 1 aromatic heterocycles. The average Bonchev–Trinajstić information content (AvgIpc) is 2.59. The molecule has 0 amide bonds. The number of rotatable bonds is 2. The van der Waals surface area contributed by atoms with Crippen LogP contribution in [0.5, 0.6) is 0 Å². The number of imidazole rings is 1. The first-order valence-corrected chi connectivity index (χ1v) is 4.94. The molecule has 76 valence electrons. The van der Waals surface area contributed by atoms with E-state index in [1.165, 1.54) is 0 Å². The predicted molar refractivity (Wildman–Crippen MR) is 51.6 cm³/mol. The Morgan fingerprint density at radius 3 is 2.86 bits per heavy atom. The summed E-state index contributed by atoms with van der Waals surface area (Å²) in [6, 6.07) is 0. The maximum absolute atomic E-state index is 10.9. The molecule has 0 saturated carbocycles. The predicted octanol–water partition coefficient (Wildman–Crippen LogP) is 1.65. The highest BCUT2D eigenvalue weighted by Gasteiger charge is 2.25. The number of fused-ring (bicyclic) bond motifs is 1. The molecule has 0 aliphatic carbocycles. The van der Waals surface area contributed by atoms with Gasteiger partial charge in [-0.25, -0.2) is 9.78 Å². The Morgan fingerprint density at radius 2 is 2.29 bits per heavy atom.